The maximum absolute atomic E-state index is 9.59. The van der Waals surface area contributed by atoms with E-state index < -0.39 is 0 Å². The van der Waals surface area contributed by atoms with Crippen LogP contribution < -0.4 is 5.32 Å². The lowest BCUT2D eigenvalue weighted by molar-refractivity contribution is 0.276. The van der Waals surface area contributed by atoms with E-state index in [0.29, 0.717) is 16.7 Å². The van der Waals surface area contributed by atoms with Crippen LogP contribution in [0.25, 0.3) is 5.82 Å². The molecule has 118 valence electrons. The number of rotatable bonds is 5. The molecule has 0 aliphatic carbocycles. The van der Waals surface area contributed by atoms with Gasteiger partial charge < -0.3 is 10.4 Å². The first-order valence-electron chi connectivity index (χ1n) is 7.15. The molecule has 0 saturated carbocycles. The minimum Gasteiger partial charge on any atom is -0.394 e. The third-order valence-electron chi connectivity index (χ3n) is 3.38. The predicted molar refractivity (Wildman–Crippen MR) is 88.8 cm³/mol. The zero-order chi connectivity index (χ0) is 16.2. The van der Waals surface area contributed by atoms with Crippen LogP contribution in [0.2, 0.25) is 5.02 Å². The zero-order valence-corrected chi connectivity index (χ0v) is 13.3. The van der Waals surface area contributed by atoms with E-state index in [0.717, 1.165) is 11.3 Å². The highest BCUT2D eigenvalue weighted by Crippen LogP contribution is 2.20. The van der Waals surface area contributed by atoms with Gasteiger partial charge in [0.1, 0.15) is 5.82 Å². The van der Waals surface area contributed by atoms with Gasteiger partial charge in [-0.25, -0.2) is 4.68 Å². The lowest BCUT2D eigenvalue weighted by atomic mass is 10.1. The summed E-state index contributed by atoms with van der Waals surface area (Å²) in [6, 6.07) is 12.5. The van der Waals surface area contributed by atoms with Crippen molar-refractivity contribution in [1.29, 1.82) is 0 Å². The second kappa shape index (κ2) is 6.76. The number of aromatic nitrogens is 4. The average Bonchev–Trinajstić information content (AvgIpc) is 3.01. The molecule has 1 unspecified atom stereocenters. The highest BCUT2D eigenvalue weighted by atomic mass is 35.5. The van der Waals surface area contributed by atoms with Crippen molar-refractivity contribution in [1.82, 2.24) is 20.0 Å². The standard InChI is InChI=1S/C16H16ClN5O/c1-11-8-9-22(21-11)16-7-6-15(19-20-16)18-14(10-23)12-2-4-13(17)5-3-12/h2-9,14,23H,10H2,1H3,(H,18,19). The minimum atomic E-state index is -0.278. The van der Waals surface area contributed by atoms with Crippen molar-refractivity contribution in [2.24, 2.45) is 0 Å². The lowest BCUT2D eigenvalue weighted by Gasteiger charge is -2.17. The number of halogens is 1. The van der Waals surface area contributed by atoms with E-state index in [2.05, 4.69) is 20.6 Å². The predicted octanol–water partition coefficient (Wildman–Crippen LogP) is 2.77. The van der Waals surface area contributed by atoms with Crippen LogP contribution in [0.4, 0.5) is 5.82 Å². The molecule has 0 fully saturated rings. The first-order valence-corrected chi connectivity index (χ1v) is 7.53. The summed E-state index contributed by atoms with van der Waals surface area (Å²) in [5.74, 6) is 1.21. The van der Waals surface area contributed by atoms with E-state index >= 15 is 0 Å². The lowest BCUT2D eigenvalue weighted by Crippen LogP contribution is -2.16. The Hall–Kier alpha value is -2.44. The van der Waals surface area contributed by atoms with Crippen molar-refractivity contribution in [3.8, 4) is 5.82 Å². The van der Waals surface area contributed by atoms with Crippen molar-refractivity contribution in [3.05, 3.63) is 64.9 Å². The molecule has 3 rings (SSSR count). The Morgan fingerprint density at radius 3 is 2.48 bits per heavy atom. The van der Waals surface area contributed by atoms with Crippen LogP contribution in [0.5, 0.6) is 0 Å². The molecule has 1 aromatic carbocycles. The number of anilines is 1. The molecule has 0 aliphatic rings. The van der Waals surface area contributed by atoms with Gasteiger partial charge in [-0.2, -0.15) is 5.10 Å². The SMILES string of the molecule is Cc1ccn(-c2ccc(NC(CO)c3ccc(Cl)cc3)nn2)n1. The molecule has 1 atom stereocenters. The van der Waals surface area contributed by atoms with E-state index in [9.17, 15) is 5.11 Å². The van der Waals surface area contributed by atoms with Crippen LogP contribution >= 0.6 is 11.6 Å². The smallest absolute Gasteiger partial charge is 0.175 e. The number of aliphatic hydroxyl groups excluding tert-OH is 1. The Labute approximate surface area is 138 Å². The molecule has 2 heterocycles. The summed E-state index contributed by atoms with van der Waals surface area (Å²) in [6.07, 6.45) is 1.83. The van der Waals surface area contributed by atoms with E-state index in [1.165, 1.54) is 0 Å². The van der Waals surface area contributed by atoms with Crippen LogP contribution in [0, 0.1) is 6.92 Å². The fourth-order valence-electron chi connectivity index (χ4n) is 2.18. The third-order valence-corrected chi connectivity index (χ3v) is 3.64. The summed E-state index contributed by atoms with van der Waals surface area (Å²) >= 11 is 5.88. The fraction of sp³-hybridized carbons (Fsp3) is 0.188. The summed E-state index contributed by atoms with van der Waals surface area (Å²) in [7, 11) is 0. The Morgan fingerprint density at radius 1 is 1.13 bits per heavy atom. The van der Waals surface area contributed by atoms with Crippen LogP contribution in [-0.2, 0) is 0 Å². The van der Waals surface area contributed by atoms with Gasteiger partial charge in [0.2, 0.25) is 0 Å². The number of benzene rings is 1. The molecule has 2 N–H and O–H groups in total. The first kappa shape index (κ1) is 15.5. The molecular weight excluding hydrogens is 314 g/mol. The molecule has 7 heteroatoms. The average molecular weight is 330 g/mol. The number of hydrogen-bond donors (Lipinski definition) is 2. The van der Waals surface area contributed by atoms with E-state index in [4.69, 9.17) is 11.6 Å². The number of hydrogen-bond acceptors (Lipinski definition) is 5. The molecule has 0 radical (unpaired) electrons. The van der Waals surface area contributed by atoms with Crippen molar-refractivity contribution >= 4 is 17.4 Å². The second-order valence-electron chi connectivity index (χ2n) is 5.11. The van der Waals surface area contributed by atoms with Crippen LogP contribution in [-0.4, -0.2) is 31.7 Å². The van der Waals surface area contributed by atoms with E-state index in [1.54, 1.807) is 22.9 Å². The Bertz CT molecular complexity index is 770. The van der Waals surface area contributed by atoms with Crippen molar-refractivity contribution in [2.75, 3.05) is 11.9 Å². The molecule has 0 saturated heterocycles. The molecule has 0 amide bonds. The molecule has 2 aromatic heterocycles. The van der Waals surface area contributed by atoms with E-state index in [1.807, 2.05) is 37.4 Å². The number of aliphatic hydroxyl groups is 1. The summed E-state index contributed by atoms with van der Waals surface area (Å²) in [4.78, 5) is 0. The van der Waals surface area contributed by atoms with E-state index in [-0.39, 0.29) is 12.6 Å². The van der Waals surface area contributed by atoms with Gasteiger partial charge in [0.05, 0.1) is 18.3 Å². The maximum atomic E-state index is 9.59. The molecule has 0 spiro atoms. The normalized spacial score (nSPS) is 12.1. The largest absolute Gasteiger partial charge is 0.394 e. The fourth-order valence-corrected chi connectivity index (χ4v) is 2.30. The topological polar surface area (TPSA) is 75.9 Å². The molecule has 3 aromatic rings. The van der Waals surface area contributed by atoms with Crippen molar-refractivity contribution in [2.45, 2.75) is 13.0 Å². The van der Waals surface area contributed by atoms with Crippen LogP contribution in [0.1, 0.15) is 17.3 Å². The minimum absolute atomic E-state index is 0.0661. The number of nitrogens with zero attached hydrogens (tertiary/aromatic N) is 4. The molecule has 0 aliphatic heterocycles. The molecule has 0 bridgehead atoms. The van der Waals surface area contributed by atoms with Gasteiger partial charge in [-0.15, -0.1) is 10.2 Å². The highest BCUT2D eigenvalue weighted by molar-refractivity contribution is 6.30. The van der Waals surface area contributed by atoms with Crippen molar-refractivity contribution in [3.63, 3.8) is 0 Å². The van der Waals surface area contributed by atoms with Gasteiger partial charge in [-0.05, 0) is 42.8 Å². The van der Waals surface area contributed by atoms with Gasteiger partial charge in [0.25, 0.3) is 0 Å². The monoisotopic (exact) mass is 329 g/mol. The summed E-state index contributed by atoms with van der Waals surface area (Å²) in [5.41, 5.74) is 1.84. The molecular formula is C16H16ClN5O. The van der Waals surface area contributed by atoms with Crippen LogP contribution in [0.15, 0.2) is 48.7 Å². The Morgan fingerprint density at radius 2 is 1.91 bits per heavy atom. The maximum Gasteiger partial charge on any atom is 0.175 e. The number of nitrogens with one attached hydrogen (secondary N) is 1. The van der Waals surface area contributed by atoms with Gasteiger partial charge in [-0.1, -0.05) is 23.7 Å². The first-order chi connectivity index (χ1) is 11.2. The van der Waals surface area contributed by atoms with Crippen LogP contribution in [0.3, 0.4) is 0 Å². The third kappa shape index (κ3) is 3.67. The molecule has 23 heavy (non-hydrogen) atoms. The Kier molecular flexibility index (Phi) is 4.55. The second-order valence-corrected chi connectivity index (χ2v) is 5.55. The number of aryl methyl sites for hydroxylation is 1. The van der Waals surface area contributed by atoms with Gasteiger partial charge >= 0.3 is 0 Å². The quantitative estimate of drug-likeness (QED) is 0.752. The van der Waals surface area contributed by atoms with Gasteiger partial charge in [-0.3, -0.25) is 0 Å². The summed E-state index contributed by atoms with van der Waals surface area (Å²) in [5, 5.41) is 26.0. The van der Waals surface area contributed by atoms with Gasteiger partial charge in [0.15, 0.2) is 5.82 Å². The summed E-state index contributed by atoms with van der Waals surface area (Å²) < 4.78 is 1.66. The zero-order valence-electron chi connectivity index (χ0n) is 12.5. The highest BCUT2D eigenvalue weighted by Gasteiger charge is 2.11. The van der Waals surface area contributed by atoms with Gasteiger partial charge in [0, 0.05) is 11.2 Å². The molecule has 6 nitrogen and oxygen atoms in total. The Balaban J connectivity index is 1.75. The summed E-state index contributed by atoms with van der Waals surface area (Å²) in [6.45, 7) is 1.85. The van der Waals surface area contributed by atoms with Crippen molar-refractivity contribution < 1.29 is 5.11 Å².